The van der Waals surface area contributed by atoms with Crippen LogP contribution < -0.4 is 4.74 Å². The Kier molecular flexibility index (Phi) is 3.23. The Bertz CT molecular complexity index is 534. The van der Waals surface area contributed by atoms with Gasteiger partial charge in [0.15, 0.2) is 6.10 Å². The second-order valence-electron chi connectivity index (χ2n) is 3.61. The van der Waals surface area contributed by atoms with E-state index in [0.717, 1.165) is 10.9 Å². The molecule has 0 saturated heterocycles. The summed E-state index contributed by atoms with van der Waals surface area (Å²) in [5, 5.41) is 0.880. The lowest BCUT2D eigenvalue weighted by molar-refractivity contribution is -0.147. The van der Waals surface area contributed by atoms with Crippen LogP contribution in [0.15, 0.2) is 36.5 Å². The van der Waals surface area contributed by atoms with Gasteiger partial charge in [-0.2, -0.15) is 0 Å². The molecule has 2 rings (SSSR count). The summed E-state index contributed by atoms with van der Waals surface area (Å²) in [6.45, 7) is 1.65. The van der Waals surface area contributed by atoms with Crippen molar-refractivity contribution in [2.75, 3.05) is 7.11 Å². The predicted molar refractivity (Wildman–Crippen MR) is 63.8 cm³/mol. The Labute approximate surface area is 99.2 Å². The molecule has 4 nitrogen and oxygen atoms in total. The van der Waals surface area contributed by atoms with Gasteiger partial charge in [-0.3, -0.25) is 4.98 Å². The first kappa shape index (κ1) is 11.4. The molecule has 0 N–H and O–H groups in total. The number of ether oxygens (including phenoxy) is 2. The van der Waals surface area contributed by atoms with Gasteiger partial charge in [-0.1, -0.05) is 6.07 Å². The molecule has 17 heavy (non-hydrogen) atoms. The molecular formula is C13H13NO3. The molecule has 0 spiro atoms. The number of methoxy groups -OCH3 is 1. The SMILES string of the molecule is COC(=O)C(C)Oc1cccc2ncccc12. The number of hydrogen-bond acceptors (Lipinski definition) is 4. The molecule has 1 aromatic carbocycles. The quantitative estimate of drug-likeness (QED) is 0.759. The van der Waals surface area contributed by atoms with E-state index in [-0.39, 0.29) is 0 Å². The second-order valence-corrected chi connectivity index (χ2v) is 3.61. The number of hydrogen-bond donors (Lipinski definition) is 0. The van der Waals surface area contributed by atoms with Gasteiger partial charge in [-0.05, 0) is 31.2 Å². The lowest BCUT2D eigenvalue weighted by atomic mass is 10.2. The third-order valence-corrected chi connectivity index (χ3v) is 2.44. The zero-order valence-electron chi connectivity index (χ0n) is 9.71. The minimum absolute atomic E-state index is 0.397. The maximum absolute atomic E-state index is 11.3. The molecule has 0 amide bonds. The number of carbonyl (C=O) groups is 1. The summed E-state index contributed by atoms with van der Waals surface area (Å²) in [6, 6.07) is 9.28. The van der Waals surface area contributed by atoms with Crippen molar-refractivity contribution in [3.05, 3.63) is 36.5 Å². The van der Waals surface area contributed by atoms with Gasteiger partial charge in [0.25, 0.3) is 0 Å². The Balaban J connectivity index is 2.33. The van der Waals surface area contributed by atoms with Crippen molar-refractivity contribution < 1.29 is 14.3 Å². The lowest BCUT2D eigenvalue weighted by Gasteiger charge is -2.13. The number of carbonyl (C=O) groups excluding carboxylic acids is 1. The fourth-order valence-corrected chi connectivity index (χ4v) is 1.58. The third kappa shape index (κ3) is 2.36. The van der Waals surface area contributed by atoms with E-state index >= 15 is 0 Å². The number of benzene rings is 1. The number of esters is 1. The normalized spacial score (nSPS) is 12.1. The predicted octanol–water partition coefficient (Wildman–Crippen LogP) is 2.18. The van der Waals surface area contributed by atoms with Crippen LogP contribution in [-0.2, 0) is 9.53 Å². The fraction of sp³-hybridized carbons (Fsp3) is 0.231. The average Bonchev–Trinajstić information content (AvgIpc) is 2.38. The van der Waals surface area contributed by atoms with Crippen LogP contribution in [0.1, 0.15) is 6.92 Å². The van der Waals surface area contributed by atoms with Crippen LogP contribution >= 0.6 is 0 Å². The summed E-state index contributed by atoms with van der Waals surface area (Å²) in [4.78, 5) is 15.5. The third-order valence-electron chi connectivity index (χ3n) is 2.44. The molecular weight excluding hydrogens is 218 g/mol. The molecule has 0 radical (unpaired) electrons. The summed E-state index contributed by atoms with van der Waals surface area (Å²) in [5.74, 6) is 0.236. The largest absolute Gasteiger partial charge is 0.478 e. The average molecular weight is 231 g/mol. The van der Waals surface area contributed by atoms with Crippen LogP contribution in [0.3, 0.4) is 0 Å². The maximum Gasteiger partial charge on any atom is 0.346 e. The molecule has 1 aromatic heterocycles. The van der Waals surface area contributed by atoms with E-state index in [2.05, 4.69) is 9.72 Å². The van der Waals surface area contributed by atoms with Gasteiger partial charge >= 0.3 is 5.97 Å². The first-order valence-corrected chi connectivity index (χ1v) is 5.30. The van der Waals surface area contributed by atoms with Crippen LogP contribution in [0.4, 0.5) is 0 Å². The van der Waals surface area contributed by atoms with Crippen molar-refractivity contribution in [3.63, 3.8) is 0 Å². The minimum atomic E-state index is -0.634. The molecule has 0 fully saturated rings. The monoisotopic (exact) mass is 231 g/mol. The fourth-order valence-electron chi connectivity index (χ4n) is 1.58. The second kappa shape index (κ2) is 4.82. The van der Waals surface area contributed by atoms with Crippen LogP contribution in [-0.4, -0.2) is 24.2 Å². The molecule has 4 heteroatoms. The highest BCUT2D eigenvalue weighted by atomic mass is 16.6. The van der Waals surface area contributed by atoms with E-state index in [1.165, 1.54) is 7.11 Å². The molecule has 1 atom stereocenters. The van der Waals surface area contributed by atoms with Gasteiger partial charge in [-0.15, -0.1) is 0 Å². The van der Waals surface area contributed by atoms with Gasteiger partial charge in [-0.25, -0.2) is 4.79 Å². The zero-order valence-corrected chi connectivity index (χ0v) is 9.71. The molecule has 1 unspecified atom stereocenters. The first-order valence-electron chi connectivity index (χ1n) is 5.30. The number of fused-ring (bicyclic) bond motifs is 1. The first-order chi connectivity index (χ1) is 8.22. The van der Waals surface area contributed by atoms with Crippen molar-refractivity contribution in [2.24, 2.45) is 0 Å². The summed E-state index contributed by atoms with van der Waals surface area (Å²) in [6.07, 6.45) is 1.08. The molecule has 0 aliphatic carbocycles. The van der Waals surface area contributed by atoms with Gasteiger partial charge < -0.3 is 9.47 Å². The summed E-state index contributed by atoms with van der Waals surface area (Å²) in [7, 11) is 1.34. The lowest BCUT2D eigenvalue weighted by Crippen LogP contribution is -2.24. The van der Waals surface area contributed by atoms with E-state index < -0.39 is 12.1 Å². The van der Waals surface area contributed by atoms with Crippen LogP contribution in [0.5, 0.6) is 5.75 Å². The molecule has 0 saturated carbocycles. The van der Waals surface area contributed by atoms with Crippen molar-refractivity contribution in [1.82, 2.24) is 4.98 Å². The molecule has 88 valence electrons. The highest BCUT2D eigenvalue weighted by molar-refractivity contribution is 5.85. The van der Waals surface area contributed by atoms with E-state index in [1.807, 2.05) is 30.3 Å². The minimum Gasteiger partial charge on any atom is -0.478 e. The van der Waals surface area contributed by atoms with Crippen molar-refractivity contribution >= 4 is 16.9 Å². The smallest absolute Gasteiger partial charge is 0.346 e. The van der Waals surface area contributed by atoms with Gasteiger partial charge in [0.2, 0.25) is 0 Å². The zero-order chi connectivity index (χ0) is 12.3. The Hall–Kier alpha value is -2.10. The molecule has 0 bridgehead atoms. The number of aromatic nitrogens is 1. The number of pyridine rings is 1. The standard InChI is InChI=1S/C13H13NO3/c1-9(13(15)16-2)17-12-7-3-6-11-10(12)5-4-8-14-11/h3-9H,1-2H3. The van der Waals surface area contributed by atoms with Crippen molar-refractivity contribution in [2.45, 2.75) is 13.0 Å². The summed E-state index contributed by atoms with van der Waals surface area (Å²) in [5.41, 5.74) is 0.835. The Morgan fingerprint density at radius 2 is 2.12 bits per heavy atom. The molecule has 0 aliphatic heterocycles. The number of nitrogens with zero attached hydrogens (tertiary/aromatic N) is 1. The van der Waals surface area contributed by atoms with Gasteiger partial charge in [0, 0.05) is 11.6 Å². The van der Waals surface area contributed by atoms with E-state index in [4.69, 9.17) is 4.74 Å². The molecule has 2 aromatic rings. The highest BCUT2D eigenvalue weighted by Gasteiger charge is 2.15. The van der Waals surface area contributed by atoms with E-state index in [1.54, 1.807) is 13.1 Å². The van der Waals surface area contributed by atoms with Gasteiger partial charge in [0.05, 0.1) is 12.6 Å². The summed E-state index contributed by atoms with van der Waals surface area (Å²) < 4.78 is 10.2. The van der Waals surface area contributed by atoms with Crippen LogP contribution in [0.25, 0.3) is 10.9 Å². The maximum atomic E-state index is 11.3. The topological polar surface area (TPSA) is 48.4 Å². The van der Waals surface area contributed by atoms with E-state index in [0.29, 0.717) is 5.75 Å². The van der Waals surface area contributed by atoms with Crippen LogP contribution in [0.2, 0.25) is 0 Å². The Morgan fingerprint density at radius 3 is 2.88 bits per heavy atom. The highest BCUT2D eigenvalue weighted by Crippen LogP contribution is 2.24. The van der Waals surface area contributed by atoms with Crippen molar-refractivity contribution in [3.8, 4) is 5.75 Å². The van der Waals surface area contributed by atoms with Gasteiger partial charge in [0.1, 0.15) is 5.75 Å². The summed E-state index contributed by atoms with van der Waals surface area (Å²) >= 11 is 0. The number of rotatable bonds is 3. The van der Waals surface area contributed by atoms with Crippen LogP contribution in [0, 0.1) is 0 Å². The Morgan fingerprint density at radius 1 is 1.29 bits per heavy atom. The molecule has 0 aliphatic rings. The van der Waals surface area contributed by atoms with Crippen molar-refractivity contribution in [1.29, 1.82) is 0 Å². The van der Waals surface area contributed by atoms with E-state index in [9.17, 15) is 4.79 Å². The molecule has 1 heterocycles.